The first-order chi connectivity index (χ1) is 11.7. The Bertz CT molecular complexity index is 799. The van der Waals surface area contributed by atoms with E-state index in [1.165, 1.54) is 12.1 Å². The van der Waals surface area contributed by atoms with E-state index in [1.807, 2.05) is 0 Å². The molecule has 25 heavy (non-hydrogen) atoms. The molecule has 2 rings (SSSR count). The van der Waals surface area contributed by atoms with Crippen molar-refractivity contribution < 1.29 is 31.9 Å². The molecule has 5 nitrogen and oxygen atoms in total. The topological polar surface area (TPSA) is 68.5 Å². The average Bonchev–Trinajstić information content (AvgIpc) is 2.96. The second-order valence-corrected chi connectivity index (χ2v) is 5.49. The van der Waals surface area contributed by atoms with Crippen molar-refractivity contribution in [3.8, 4) is 0 Å². The van der Waals surface area contributed by atoms with Crippen LogP contribution in [0.25, 0.3) is 6.08 Å². The van der Waals surface area contributed by atoms with Crippen LogP contribution in [0.5, 0.6) is 0 Å². The van der Waals surface area contributed by atoms with E-state index in [9.17, 15) is 22.8 Å². The van der Waals surface area contributed by atoms with E-state index in [2.05, 4.69) is 26.0 Å². The minimum atomic E-state index is -4.52. The molecule has 0 spiro atoms. The fraction of sp³-hybridized carbons (Fsp3) is 0.125. The van der Waals surface area contributed by atoms with Crippen molar-refractivity contribution in [1.82, 2.24) is 0 Å². The maximum absolute atomic E-state index is 12.6. The molecule has 0 saturated carbocycles. The summed E-state index contributed by atoms with van der Waals surface area (Å²) in [5.41, 5.74) is -0.943. The zero-order chi connectivity index (χ0) is 18.4. The van der Waals surface area contributed by atoms with Crippen molar-refractivity contribution in [2.45, 2.75) is 6.18 Å². The van der Waals surface area contributed by atoms with Crippen LogP contribution in [0.3, 0.4) is 0 Å². The van der Waals surface area contributed by atoms with Crippen molar-refractivity contribution >= 4 is 39.6 Å². The van der Waals surface area contributed by atoms with E-state index >= 15 is 0 Å². The van der Waals surface area contributed by atoms with Gasteiger partial charge in [-0.25, -0.2) is 4.79 Å². The third-order valence-corrected chi connectivity index (χ3v) is 3.22. The fourth-order valence-electron chi connectivity index (χ4n) is 1.72. The van der Waals surface area contributed by atoms with Crippen LogP contribution < -0.4 is 5.32 Å². The summed E-state index contributed by atoms with van der Waals surface area (Å²) in [7, 11) is 0. The Labute approximate surface area is 148 Å². The molecule has 0 aliphatic rings. The highest BCUT2D eigenvalue weighted by molar-refractivity contribution is 9.10. The Kier molecular flexibility index (Phi) is 6.02. The van der Waals surface area contributed by atoms with Gasteiger partial charge in [0, 0.05) is 11.8 Å². The summed E-state index contributed by atoms with van der Waals surface area (Å²) in [4.78, 5) is 23.1. The zero-order valence-corrected chi connectivity index (χ0v) is 14.1. The van der Waals surface area contributed by atoms with E-state index in [-0.39, 0.29) is 5.69 Å². The van der Waals surface area contributed by atoms with Crippen LogP contribution >= 0.6 is 15.9 Å². The predicted molar refractivity (Wildman–Crippen MR) is 86.5 cm³/mol. The lowest BCUT2D eigenvalue weighted by Gasteiger charge is -2.09. The summed E-state index contributed by atoms with van der Waals surface area (Å²) < 4.78 is 48.1. The number of amides is 1. The monoisotopic (exact) mass is 417 g/mol. The van der Waals surface area contributed by atoms with Gasteiger partial charge in [0.15, 0.2) is 11.3 Å². The molecule has 1 aromatic carbocycles. The number of nitrogens with one attached hydrogen (secondary N) is 1. The van der Waals surface area contributed by atoms with Gasteiger partial charge in [-0.05, 0) is 52.3 Å². The summed E-state index contributed by atoms with van der Waals surface area (Å²) in [6, 6.07) is 7.36. The van der Waals surface area contributed by atoms with Gasteiger partial charge in [-0.2, -0.15) is 13.2 Å². The number of carbonyl (C=O) groups is 2. The van der Waals surface area contributed by atoms with Crippen molar-refractivity contribution in [3.05, 3.63) is 58.5 Å². The van der Waals surface area contributed by atoms with Crippen molar-refractivity contribution in [2.75, 3.05) is 11.9 Å². The van der Waals surface area contributed by atoms with Gasteiger partial charge in [-0.3, -0.25) is 4.79 Å². The van der Waals surface area contributed by atoms with Crippen molar-refractivity contribution in [3.63, 3.8) is 0 Å². The first-order valence-corrected chi connectivity index (χ1v) is 7.60. The van der Waals surface area contributed by atoms with E-state index in [1.54, 1.807) is 12.1 Å². The number of carbonyl (C=O) groups excluding carboxylic acids is 2. The summed E-state index contributed by atoms with van der Waals surface area (Å²) in [5.74, 6) is -1.16. The summed E-state index contributed by atoms with van der Waals surface area (Å²) in [6.07, 6.45) is -2.11. The molecule has 0 radical (unpaired) electrons. The van der Waals surface area contributed by atoms with Gasteiger partial charge >= 0.3 is 12.1 Å². The van der Waals surface area contributed by atoms with Crippen LogP contribution in [0, 0.1) is 0 Å². The second-order valence-electron chi connectivity index (χ2n) is 4.71. The number of rotatable bonds is 5. The van der Waals surface area contributed by atoms with E-state index in [4.69, 9.17) is 4.42 Å². The third-order valence-electron chi connectivity index (χ3n) is 2.80. The van der Waals surface area contributed by atoms with Crippen LogP contribution in [-0.2, 0) is 20.5 Å². The Balaban J connectivity index is 1.84. The third kappa shape index (κ3) is 6.11. The highest BCUT2D eigenvalue weighted by Gasteiger charge is 2.30. The Hall–Kier alpha value is -2.55. The number of alkyl halides is 3. The van der Waals surface area contributed by atoms with E-state index in [0.717, 1.165) is 24.3 Å². The van der Waals surface area contributed by atoms with E-state index < -0.39 is 30.2 Å². The maximum Gasteiger partial charge on any atom is 0.416 e. The molecule has 2 aromatic rings. The van der Waals surface area contributed by atoms with Gasteiger partial charge < -0.3 is 14.5 Å². The molecule has 0 aliphatic carbocycles. The summed E-state index contributed by atoms with van der Waals surface area (Å²) >= 11 is 3.10. The minimum Gasteiger partial charge on any atom is -0.452 e. The Morgan fingerprint density at radius 1 is 1.24 bits per heavy atom. The number of anilines is 1. The molecule has 1 heterocycles. The van der Waals surface area contributed by atoms with Crippen molar-refractivity contribution in [1.29, 1.82) is 0 Å². The predicted octanol–water partition coefficient (Wildman–Crippen LogP) is 4.26. The number of halogens is 4. The molecule has 132 valence electrons. The number of ether oxygens (including phenoxy) is 1. The lowest BCUT2D eigenvalue weighted by Crippen LogP contribution is -2.20. The summed E-state index contributed by atoms with van der Waals surface area (Å²) in [6.45, 7) is -0.638. The molecule has 0 bridgehead atoms. The standard InChI is InChI=1S/C16H11BrF3NO4/c17-13-6-4-12(25-13)5-7-15(23)24-9-14(22)21-11-3-1-2-10(8-11)16(18,19)20/h1-8H,9H2,(H,21,22). The van der Waals surface area contributed by atoms with Crippen LogP contribution in [0.15, 0.2) is 51.6 Å². The van der Waals surface area contributed by atoms with Crippen LogP contribution in [-0.4, -0.2) is 18.5 Å². The van der Waals surface area contributed by atoms with Gasteiger partial charge in [0.05, 0.1) is 5.56 Å². The van der Waals surface area contributed by atoms with Crippen LogP contribution in [0.4, 0.5) is 18.9 Å². The molecule has 0 aliphatic heterocycles. The number of esters is 1. The number of hydrogen-bond donors (Lipinski definition) is 1. The number of furan rings is 1. The SMILES string of the molecule is O=C(COC(=O)C=Cc1ccc(Br)o1)Nc1cccc(C(F)(F)F)c1. The highest BCUT2D eigenvalue weighted by atomic mass is 79.9. The Morgan fingerprint density at radius 2 is 2.00 bits per heavy atom. The lowest BCUT2D eigenvalue weighted by atomic mass is 10.2. The molecular formula is C16H11BrF3NO4. The Morgan fingerprint density at radius 3 is 2.64 bits per heavy atom. The average molecular weight is 418 g/mol. The van der Waals surface area contributed by atoms with Crippen LogP contribution in [0.1, 0.15) is 11.3 Å². The largest absolute Gasteiger partial charge is 0.452 e. The van der Waals surface area contributed by atoms with Crippen molar-refractivity contribution in [2.24, 2.45) is 0 Å². The normalized spacial score (nSPS) is 11.5. The van der Waals surface area contributed by atoms with Gasteiger partial charge in [0.1, 0.15) is 5.76 Å². The second kappa shape index (κ2) is 8.02. The molecular weight excluding hydrogens is 407 g/mol. The molecule has 0 saturated heterocycles. The lowest BCUT2D eigenvalue weighted by molar-refractivity contribution is -0.142. The molecule has 0 atom stereocenters. The van der Waals surface area contributed by atoms with Gasteiger partial charge in [-0.1, -0.05) is 6.07 Å². The minimum absolute atomic E-state index is 0.0492. The number of benzene rings is 1. The zero-order valence-electron chi connectivity index (χ0n) is 12.5. The quantitative estimate of drug-likeness (QED) is 0.582. The molecule has 1 amide bonds. The molecule has 0 unspecified atom stereocenters. The molecule has 9 heteroatoms. The fourth-order valence-corrected chi connectivity index (χ4v) is 2.04. The van der Waals surface area contributed by atoms with Gasteiger partial charge in [-0.15, -0.1) is 0 Å². The van der Waals surface area contributed by atoms with Crippen LogP contribution in [0.2, 0.25) is 0 Å². The molecule has 0 fully saturated rings. The first kappa shape index (κ1) is 18.8. The van der Waals surface area contributed by atoms with Gasteiger partial charge in [0.2, 0.25) is 0 Å². The molecule has 1 aromatic heterocycles. The smallest absolute Gasteiger partial charge is 0.416 e. The van der Waals surface area contributed by atoms with E-state index in [0.29, 0.717) is 10.4 Å². The highest BCUT2D eigenvalue weighted by Crippen LogP contribution is 2.30. The summed E-state index contributed by atoms with van der Waals surface area (Å²) in [5, 5.41) is 2.22. The maximum atomic E-state index is 12.6. The number of hydrogen-bond acceptors (Lipinski definition) is 4. The molecule has 1 N–H and O–H groups in total. The first-order valence-electron chi connectivity index (χ1n) is 6.81. The van der Waals surface area contributed by atoms with Gasteiger partial charge in [0.25, 0.3) is 5.91 Å².